The molecule has 0 nitrogen and oxygen atoms in total. The summed E-state index contributed by atoms with van der Waals surface area (Å²) < 4.78 is 0. The Morgan fingerprint density at radius 1 is 1.17 bits per heavy atom. The topological polar surface area (TPSA) is 0 Å². The first kappa shape index (κ1) is 8.34. The third kappa shape index (κ3) is 0.787. The van der Waals surface area contributed by atoms with Gasteiger partial charge in [0.2, 0.25) is 0 Å². The lowest BCUT2D eigenvalue weighted by Gasteiger charge is -2.25. The molecule has 2 aliphatic rings. The fourth-order valence-corrected chi connectivity index (χ4v) is 3.72. The summed E-state index contributed by atoms with van der Waals surface area (Å²) in [6.45, 7) is 9.65. The molecule has 0 aromatic rings. The Bertz CT molecular complexity index is 212. The van der Waals surface area contributed by atoms with Crippen LogP contribution in [0.2, 0.25) is 0 Å². The van der Waals surface area contributed by atoms with Gasteiger partial charge in [-0.15, -0.1) is 0 Å². The van der Waals surface area contributed by atoms with E-state index < -0.39 is 0 Å². The minimum absolute atomic E-state index is 0.556. The molecule has 1 saturated carbocycles. The van der Waals surface area contributed by atoms with Gasteiger partial charge in [-0.25, -0.2) is 0 Å². The van der Waals surface area contributed by atoms with Gasteiger partial charge in [-0.05, 0) is 29.1 Å². The molecule has 0 spiro atoms. The summed E-state index contributed by atoms with van der Waals surface area (Å²) in [7, 11) is 0. The van der Waals surface area contributed by atoms with E-state index in [1.54, 1.807) is 0 Å². The molecule has 0 heteroatoms. The number of rotatable bonds is 1. The van der Waals surface area contributed by atoms with E-state index in [0.717, 1.165) is 23.7 Å². The molecule has 68 valence electrons. The predicted molar refractivity (Wildman–Crippen MR) is 52.8 cm³/mol. The van der Waals surface area contributed by atoms with Gasteiger partial charge in [-0.3, -0.25) is 0 Å². The Labute approximate surface area is 76.1 Å². The second-order valence-electron chi connectivity index (χ2n) is 5.19. The Balaban J connectivity index is 2.32. The first-order valence-electron chi connectivity index (χ1n) is 5.27. The van der Waals surface area contributed by atoms with Gasteiger partial charge in [-0.1, -0.05) is 46.3 Å². The van der Waals surface area contributed by atoms with E-state index in [9.17, 15) is 0 Å². The molecular formula is C12H20. The maximum atomic E-state index is 2.47. The van der Waals surface area contributed by atoms with Gasteiger partial charge in [0.15, 0.2) is 0 Å². The molecule has 4 unspecified atom stereocenters. The van der Waals surface area contributed by atoms with Crippen LogP contribution in [0.1, 0.15) is 34.1 Å². The maximum Gasteiger partial charge on any atom is -0.0145 e. The maximum absolute atomic E-state index is 2.47. The van der Waals surface area contributed by atoms with Crippen LogP contribution in [0.3, 0.4) is 0 Å². The lowest BCUT2D eigenvalue weighted by Crippen LogP contribution is -2.19. The van der Waals surface area contributed by atoms with Crippen LogP contribution in [0.5, 0.6) is 0 Å². The SMILES string of the molecule is CCC1C(C)C2C=CC1C2(C)C. The molecule has 0 radical (unpaired) electrons. The zero-order valence-electron chi connectivity index (χ0n) is 8.67. The van der Waals surface area contributed by atoms with E-state index in [2.05, 4.69) is 39.8 Å². The Hall–Kier alpha value is -0.260. The summed E-state index contributed by atoms with van der Waals surface area (Å²) in [6, 6.07) is 0. The highest BCUT2D eigenvalue weighted by Crippen LogP contribution is 2.59. The smallest absolute Gasteiger partial charge is 0.0145 e. The summed E-state index contributed by atoms with van der Waals surface area (Å²) in [5.41, 5.74) is 0.556. The van der Waals surface area contributed by atoms with Crippen LogP contribution in [-0.4, -0.2) is 0 Å². The van der Waals surface area contributed by atoms with Crippen LogP contribution in [0, 0.1) is 29.1 Å². The first-order valence-corrected chi connectivity index (χ1v) is 5.27. The van der Waals surface area contributed by atoms with Gasteiger partial charge in [0.1, 0.15) is 0 Å². The Kier molecular flexibility index (Phi) is 1.65. The van der Waals surface area contributed by atoms with E-state index in [4.69, 9.17) is 0 Å². The van der Waals surface area contributed by atoms with Crippen molar-refractivity contribution in [1.29, 1.82) is 0 Å². The highest BCUT2D eigenvalue weighted by Gasteiger charge is 2.53. The van der Waals surface area contributed by atoms with E-state index in [1.807, 2.05) is 0 Å². The van der Waals surface area contributed by atoms with Crippen LogP contribution in [0.25, 0.3) is 0 Å². The molecule has 1 fully saturated rings. The lowest BCUT2D eigenvalue weighted by molar-refractivity contribution is 0.255. The van der Waals surface area contributed by atoms with Gasteiger partial charge in [0, 0.05) is 0 Å². The Morgan fingerprint density at radius 2 is 1.75 bits per heavy atom. The average molecular weight is 164 g/mol. The molecular weight excluding hydrogens is 144 g/mol. The molecule has 2 aliphatic carbocycles. The van der Waals surface area contributed by atoms with Crippen molar-refractivity contribution < 1.29 is 0 Å². The largest absolute Gasteiger partial charge is 0.0843 e. The summed E-state index contributed by atoms with van der Waals surface area (Å²) in [6.07, 6.45) is 6.29. The van der Waals surface area contributed by atoms with Crippen LogP contribution >= 0.6 is 0 Å². The molecule has 0 amide bonds. The van der Waals surface area contributed by atoms with Gasteiger partial charge in [0.25, 0.3) is 0 Å². The van der Waals surface area contributed by atoms with Crippen LogP contribution in [-0.2, 0) is 0 Å². The molecule has 0 aromatic heterocycles. The third-order valence-electron chi connectivity index (χ3n) is 4.42. The second-order valence-corrected chi connectivity index (χ2v) is 5.19. The van der Waals surface area contributed by atoms with E-state index in [1.165, 1.54) is 6.42 Å². The van der Waals surface area contributed by atoms with Crippen molar-refractivity contribution in [2.75, 3.05) is 0 Å². The van der Waals surface area contributed by atoms with Crippen molar-refractivity contribution in [2.24, 2.45) is 29.1 Å². The Morgan fingerprint density at radius 3 is 2.08 bits per heavy atom. The quantitative estimate of drug-likeness (QED) is 0.520. The summed E-state index contributed by atoms with van der Waals surface area (Å²) in [5.74, 6) is 3.59. The fourth-order valence-electron chi connectivity index (χ4n) is 3.72. The summed E-state index contributed by atoms with van der Waals surface area (Å²) >= 11 is 0. The third-order valence-corrected chi connectivity index (χ3v) is 4.42. The zero-order valence-corrected chi connectivity index (χ0v) is 8.67. The predicted octanol–water partition coefficient (Wildman–Crippen LogP) is 3.49. The van der Waals surface area contributed by atoms with Crippen molar-refractivity contribution >= 4 is 0 Å². The number of fused-ring (bicyclic) bond motifs is 2. The van der Waals surface area contributed by atoms with Crippen molar-refractivity contribution in [2.45, 2.75) is 34.1 Å². The second kappa shape index (κ2) is 2.37. The van der Waals surface area contributed by atoms with Gasteiger partial charge >= 0.3 is 0 Å². The molecule has 0 aliphatic heterocycles. The van der Waals surface area contributed by atoms with Crippen LogP contribution in [0.4, 0.5) is 0 Å². The molecule has 0 N–H and O–H groups in total. The van der Waals surface area contributed by atoms with Gasteiger partial charge < -0.3 is 0 Å². The summed E-state index contributed by atoms with van der Waals surface area (Å²) in [4.78, 5) is 0. The molecule has 0 aromatic carbocycles. The fraction of sp³-hybridized carbons (Fsp3) is 0.833. The van der Waals surface area contributed by atoms with Gasteiger partial charge in [0.05, 0.1) is 0 Å². The van der Waals surface area contributed by atoms with Crippen molar-refractivity contribution in [3.05, 3.63) is 12.2 Å². The first-order chi connectivity index (χ1) is 5.59. The molecule has 4 atom stereocenters. The van der Waals surface area contributed by atoms with Crippen molar-refractivity contribution in [3.63, 3.8) is 0 Å². The van der Waals surface area contributed by atoms with Crippen molar-refractivity contribution in [1.82, 2.24) is 0 Å². The highest BCUT2D eigenvalue weighted by molar-refractivity contribution is 5.20. The average Bonchev–Trinajstić information content (AvgIpc) is 2.38. The molecule has 12 heavy (non-hydrogen) atoms. The van der Waals surface area contributed by atoms with Gasteiger partial charge in [-0.2, -0.15) is 0 Å². The van der Waals surface area contributed by atoms with E-state index in [0.29, 0.717) is 5.41 Å². The van der Waals surface area contributed by atoms with Crippen LogP contribution < -0.4 is 0 Å². The van der Waals surface area contributed by atoms with Crippen LogP contribution in [0.15, 0.2) is 12.2 Å². The highest BCUT2D eigenvalue weighted by atomic mass is 14.6. The minimum atomic E-state index is 0.556. The molecule has 2 rings (SSSR count). The standard InChI is InChI=1S/C12H20/c1-5-9-8(2)10-6-7-11(9)12(10,3)4/h6-11H,5H2,1-4H3. The van der Waals surface area contributed by atoms with Crippen molar-refractivity contribution in [3.8, 4) is 0 Å². The zero-order chi connectivity index (χ0) is 8.93. The lowest BCUT2D eigenvalue weighted by atomic mass is 9.79. The molecule has 0 saturated heterocycles. The monoisotopic (exact) mass is 164 g/mol. The normalized spacial score (nSPS) is 48.7. The number of hydrogen-bond acceptors (Lipinski definition) is 0. The van der Waals surface area contributed by atoms with E-state index in [-0.39, 0.29) is 0 Å². The van der Waals surface area contributed by atoms with E-state index >= 15 is 0 Å². The molecule has 0 heterocycles. The number of allylic oxidation sites excluding steroid dienone is 2. The molecule has 2 bridgehead atoms. The number of hydrogen-bond donors (Lipinski definition) is 0. The summed E-state index contributed by atoms with van der Waals surface area (Å²) in [5, 5.41) is 0. The minimum Gasteiger partial charge on any atom is -0.0843 e.